The van der Waals surface area contributed by atoms with Gasteiger partial charge in [-0.05, 0) is 31.4 Å². The number of carbonyl (C=O) groups excluding carboxylic acids is 1. The van der Waals surface area contributed by atoms with Crippen LogP contribution in [0.1, 0.15) is 37.0 Å². The second-order valence-electron chi connectivity index (χ2n) is 5.75. The van der Waals surface area contributed by atoms with E-state index in [2.05, 4.69) is 24.1 Å². The third-order valence-corrected chi connectivity index (χ3v) is 3.78. The van der Waals surface area contributed by atoms with Crippen LogP contribution in [-0.4, -0.2) is 41.5 Å². The topological polar surface area (TPSA) is 45.2 Å². The van der Waals surface area contributed by atoms with Crippen LogP contribution in [0.25, 0.3) is 0 Å². The molecule has 1 amide bonds. The van der Waals surface area contributed by atoms with Gasteiger partial charge in [0.15, 0.2) is 0 Å². The minimum Gasteiger partial charge on any atom is -0.337 e. The van der Waals surface area contributed by atoms with E-state index in [9.17, 15) is 4.79 Å². The molecule has 5 heteroatoms. The van der Waals surface area contributed by atoms with Crippen LogP contribution in [0.15, 0.2) is 18.5 Å². The van der Waals surface area contributed by atoms with Crippen molar-refractivity contribution < 1.29 is 4.79 Å². The second-order valence-corrected chi connectivity index (χ2v) is 6.16. The summed E-state index contributed by atoms with van der Waals surface area (Å²) in [7, 11) is 0. The highest BCUT2D eigenvalue weighted by Crippen LogP contribution is 2.18. The fourth-order valence-corrected chi connectivity index (χ4v) is 2.78. The van der Waals surface area contributed by atoms with Gasteiger partial charge in [-0.25, -0.2) is 0 Å². The predicted octanol–water partition coefficient (Wildman–Crippen LogP) is 2.59. The van der Waals surface area contributed by atoms with Crippen molar-refractivity contribution in [3.05, 3.63) is 29.0 Å². The van der Waals surface area contributed by atoms with Crippen LogP contribution in [0, 0.1) is 5.92 Å². The van der Waals surface area contributed by atoms with Gasteiger partial charge in [0.25, 0.3) is 5.91 Å². The average Bonchev–Trinajstić information content (AvgIpc) is 2.90. The van der Waals surface area contributed by atoms with Gasteiger partial charge in [-0.15, -0.1) is 0 Å². The standard InChI is InChI=1S/C15H22ClN3O/c1-11(2)9-19(10-12-4-3-6-18-12)15(20)13-5-7-17-8-14(13)16/h5,7-8,11-12,18H,3-4,6,9-10H2,1-2H3. The molecule has 1 unspecified atom stereocenters. The molecule has 1 saturated heterocycles. The number of carbonyl (C=O) groups is 1. The minimum absolute atomic E-state index is 0.000185. The van der Waals surface area contributed by atoms with Crippen LogP contribution in [0.5, 0.6) is 0 Å². The van der Waals surface area contributed by atoms with Crippen LogP contribution >= 0.6 is 11.6 Å². The molecule has 1 aromatic heterocycles. The van der Waals surface area contributed by atoms with E-state index < -0.39 is 0 Å². The van der Waals surface area contributed by atoms with E-state index >= 15 is 0 Å². The summed E-state index contributed by atoms with van der Waals surface area (Å²) in [5.41, 5.74) is 0.542. The van der Waals surface area contributed by atoms with Gasteiger partial charge in [0.05, 0.1) is 10.6 Å². The molecule has 110 valence electrons. The Kier molecular flexibility index (Phi) is 5.38. The van der Waals surface area contributed by atoms with E-state index in [4.69, 9.17) is 11.6 Å². The van der Waals surface area contributed by atoms with Crippen LogP contribution in [0.2, 0.25) is 5.02 Å². The summed E-state index contributed by atoms with van der Waals surface area (Å²) < 4.78 is 0. The Morgan fingerprint density at radius 2 is 2.40 bits per heavy atom. The largest absolute Gasteiger partial charge is 0.337 e. The van der Waals surface area contributed by atoms with Gasteiger partial charge in [-0.3, -0.25) is 9.78 Å². The van der Waals surface area contributed by atoms with Gasteiger partial charge in [-0.1, -0.05) is 25.4 Å². The number of halogens is 1. The Labute approximate surface area is 125 Å². The first kappa shape index (κ1) is 15.3. The first-order valence-corrected chi connectivity index (χ1v) is 7.58. The predicted molar refractivity (Wildman–Crippen MR) is 81.0 cm³/mol. The maximum absolute atomic E-state index is 12.7. The van der Waals surface area contributed by atoms with Crippen molar-refractivity contribution >= 4 is 17.5 Å². The molecule has 1 atom stereocenters. The molecule has 1 aliphatic rings. The van der Waals surface area contributed by atoms with E-state index in [1.54, 1.807) is 12.3 Å². The van der Waals surface area contributed by atoms with Gasteiger partial charge in [0.1, 0.15) is 0 Å². The molecule has 2 heterocycles. The fraction of sp³-hybridized carbons (Fsp3) is 0.600. The highest BCUT2D eigenvalue weighted by atomic mass is 35.5. The SMILES string of the molecule is CC(C)CN(CC1CCCN1)C(=O)c1ccncc1Cl. The zero-order valence-electron chi connectivity index (χ0n) is 12.1. The summed E-state index contributed by atoms with van der Waals surface area (Å²) in [4.78, 5) is 18.5. The molecule has 0 aliphatic carbocycles. The molecule has 0 radical (unpaired) electrons. The molecule has 0 bridgehead atoms. The van der Waals surface area contributed by atoms with E-state index in [0.717, 1.165) is 26.1 Å². The number of amides is 1. The number of rotatable bonds is 5. The van der Waals surface area contributed by atoms with Crippen molar-refractivity contribution in [2.24, 2.45) is 5.92 Å². The highest BCUT2D eigenvalue weighted by Gasteiger charge is 2.24. The maximum Gasteiger partial charge on any atom is 0.255 e. The molecule has 0 saturated carbocycles. The number of pyridine rings is 1. The number of aromatic nitrogens is 1. The van der Waals surface area contributed by atoms with Crippen molar-refractivity contribution in [1.82, 2.24) is 15.2 Å². The first-order valence-electron chi connectivity index (χ1n) is 7.20. The van der Waals surface area contributed by atoms with Gasteiger partial charge in [-0.2, -0.15) is 0 Å². The maximum atomic E-state index is 12.7. The lowest BCUT2D eigenvalue weighted by Crippen LogP contribution is -2.43. The Bertz CT molecular complexity index is 458. The molecule has 1 fully saturated rings. The Balaban J connectivity index is 2.12. The zero-order valence-corrected chi connectivity index (χ0v) is 12.9. The third kappa shape index (κ3) is 3.93. The molecule has 0 aromatic carbocycles. The average molecular weight is 296 g/mol. The summed E-state index contributed by atoms with van der Waals surface area (Å²) in [5, 5.41) is 3.86. The number of nitrogens with zero attached hydrogens (tertiary/aromatic N) is 2. The van der Waals surface area contributed by atoms with E-state index in [-0.39, 0.29) is 5.91 Å². The molecule has 4 nitrogen and oxygen atoms in total. The number of hydrogen-bond acceptors (Lipinski definition) is 3. The van der Waals surface area contributed by atoms with Crippen molar-refractivity contribution in [3.63, 3.8) is 0 Å². The molecule has 1 aromatic rings. The number of nitrogens with one attached hydrogen (secondary N) is 1. The zero-order chi connectivity index (χ0) is 14.5. The Morgan fingerprint density at radius 3 is 3.00 bits per heavy atom. The quantitative estimate of drug-likeness (QED) is 0.908. The Morgan fingerprint density at radius 1 is 1.60 bits per heavy atom. The van der Waals surface area contributed by atoms with Gasteiger partial charge in [0.2, 0.25) is 0 Å². The summed E-state index contributed by atoms with van der Waals surface area (Å²) in [6, 6.07) is 2.10. The fourth-order valence-electron chi connectivity index (χ4n) is 2.58. The summed E-state index contributed by atoms with van der Waals surface area (Å²) in [6.07, 6.45) is 5.45. The van der Waals surface area contributed by atoms with Crippen LogP contribution in [-0.2, 0) is 0 Å². The van der Waals surface area contributed by atoms with Crippen LogP contribution in [0.3, 0.4) is 0 Å². The lowest BCUT2D eigenvalue weighted by molar-refractivity contribution is 0.0721. The van der Waals surface area contributed by atoms with Gasteiger partial charge >= 0.3 is 0 Å². The number of hydrogen-bond donors (Lipinski definition) is 1. The molecule has 2 rings (SSSR count). The molecule has 1 N–H and O–H groups in total. The third-order valence-electron chi connectivity index (χ3n) is 3.48. The van der Waals surface area contributed by atoms with E-state index in [1.165, 1.54) is 12.6 Å². The second kappa shape index (κ2) is 7.04. The Hall–Kier alpha value is -1.13. The molecule has 0 spiro atoms. The lowest BCUT2D eigenvalue weighted by atomic mass is 10.1. The van der Waals surface area contributed by atoms with Crippen LogP contribution in [0.4, 0.5) is 0 Å². The van der Waals surface area contributed by atoms with Gasteiger partial charge in [0, 0.05) is 31.5 Å². The van der Waals surface area contributed by atoms with Crippen molar-refractivity contribution in [2.75, 3.05) is 19.6 Å². The van der Waals surface area contributed by atoms with Gasteiger partial charge < -0.3 is 10.2 Å². The minimum atomic E-state index is -0.000185. The summed E-state index contributed by atoms with van der Waals surface area (Å²) in [5.74, 6) is 0.431. The first-order chi connectivity index (χ1) is 9.58. The highest BCUT2D eigenvalue weighted by molar-refractivity contribution is 6.33. The summed E-state index contributed by atoms with van der Waals surface area (Å²) >= 11 is 6.09. The monoisotopic (exact) mass is 295 g/mol. The van der Waals surface area contributed by atoms with Crippen molar-refractivity contribution in [3.8, 4) is 0 Å². The van der Waals surface area contributed by atoms with E-state index in [1.807, 2.05) is 4.90 Å². The van der Waals surface area contributed by atoms with Crippen molar-refractivity contribution in [1.29, 1.82) is 0 Å². The van der Waals surface area contributed by atoms with E-state index in [0.29, 0.717) is 22.5 Å². The van der Waals surface area contributed by atoms with Crippen LogP contribution < -0.4 is 5.32 Å². The molecular formula is C15H22ClN3O. The lowest BCUT2D eigenvalue weighted by Gasteiger charge is -2.28. The normalized spacial score (nSPS) is 18.5. The molecule has 1 aliphatic heterocycles. The molecular weight excluding hydrogens is 274 g/mol. The van der Waals surface area contributed by atoms with Crippen molar-refractivity contribution in [2.45, 2.75) is 32.7 Å². The molecule has 20 heavy (non-hydrogen) atoms. The summed E-state index contributed by atoms with van der Waals surface area (Å²) in [6.45, 7) is 6.78. The smallest absolute Gasteiger partial charge is 0.255 e.